The van der Waals surface area contributed by atoms with Crippen LogP contribution in [0.1, 0.15) is 44.4 Å². The van der Waals surface area contributed by atoms with Gasteiger partial charge in [-0.05, 0) is 44.0 Å². The van der Waals surface area contributed by atoms with E-state index in [2.05, 4.69) is 11.1 Å². The highest BCUT2D eigenvalue weighted by molar-refractivity contribution is 8.00. The molecule has 1 aromatic heterocycles. The first-order chi connectivity index (χ1) is 14.4. The van der Waals surface area contributed by atoms with Crippen LogP contribution in [0.3, 0.4) is 0 Å². The first-order valence-corrected chi connectivity index (χ1v) is 10.7. The summed E-state index contributed by atoms with van der Waals surface area (Å²) in [5.41, 5.74) is 7.81. The van der Waals surface area contributed by atoms with Gasteiger partial charge in [-0.3, -0.25) is 4.79 Å². The molecule has 0 radical (unpaired) electrons. The summed E-state index contributed by atoms with van der Waals surface area (Å²) in [6.45, 7) is 10.7. The van der Waals surface area contributed by atoms with E-state index >= 15 is 0 Å². The van der Waals surface area contributed by atoms with Crippen LogP contribution in [0.5, 0.6) is 5.75 Å². The molecular weight excluding hydrogens is 398 g/mol. The summed E-state index contributed by atoms with van der Waals surface area (Å²) in [5, 5.41) is 29.4. The molecule has 8 heteroatoms. The van der Waals surface area contributed by atoms with Gasteiger partial charge in [-0.15, -0.1) is 0 Å². The van der Waals surface area contributed by atoms with Crippen molar-refractivity contribution >= 4 is 23.5 Å². The van der Waals surface area contributed by atoms with Crippen molar-refractivity contribution in [2.24, 2.45) is 0 Å². The number of nitrogens with zero attached hydrogens (tertiary/aromatic N) is 4. The van der Waals surface area contributed by atoms with Crippen LogP contribution in [0.2, 0.25) is 0 Å². The van der Waals surface area contributed by atoms with Gasteiger partial charge in [0.2, 0.25) is 5.91 Å². The van der Waals surface area contributed by atoms with Crippen LogP contribution in [0.15, 0.2) is 23.2 Å². The van der Waals surface area contributed by atoms with Crippen LogP contribution < -0.4 is 5.73 Å². The standard InChI is InChI=1S/C20H21N5O2S.C2H6/c1-4-25(5-2)17(27)11-28-20-15(10-22)18(14(9-21)19(23)24-20)13-6-7-16(26)12(3)8-13;1-2/h6-8,26H,4-5,11H2,1-3H3,(H2,23,24);1-2H3. The molecule has 158 valence electrons. The van der Waals surface area contributed by atoms with E-state index in [0.29, 0.717) is 34.8 Å². The average molecular weight is 426 g/mol. The summed E-state index contributed by atoms with van der Waals surface area (Å²) in [5.74, 6) is 0.163. The number of nitrogen functional groups attached to an aromatic ring is 1. The fourth-order valence-corrected chi connectivity index (χ4v) is 3.70. The number of thioether (sulfide) groups is 1. The molecule has 0 saturated carbocycles. The Morgan fingerprint density at radius 1 is 1.20 bits per heavy atom. The molecule has 2 aromatic rings. The zero-order chi connectivity index (χ0) is 22.8. The number of hydrogen-bond donors (Lipinski definition) is 2. The number of nitriles is 2. The Balaban J connectivity index is 0.00000218. The summed E-state index contributed by atoms with van der Waals surface area (Å²) >= 11 is 1.12. The number of hydrogen-bond acceptors (Lipinski definition) is 7. The Morgan fingerprint density at radius 3 is 2.30 bits per heavy atom. The number of rotatable bonds is 6. The van der Waals surface area contributed by atoms with Crippen molar-refractivity contribution in [3.05, 3.63) is 34.9 Å². The molecule has 7 nitrogen and oxygen atoms in total. The molecule has 0 aliphatic rings. The molecule has 0 fully saturated rings. The van der Waals surface area contributed by atoms with Crippen molar-refractivity contribution in [3.8, 4) is 29.0 Å². The van der Waals surface area contributed by atoms with Gasteiger partial charge in [0.15, 0.2) is 0 Å². The highest BCUT2D eigenvalue weighted by atomic mass is 32.2. The van der Waals surface area contributed by atoms with E-state index < -0.39 is 0 Å². The predicted octanol–water partition coefficient (Wildman–Crippen LogP) is 4.07. The van der Waals surface area contributed by atoms with Crippen LogP contribution in [0.4, 0.5) is 5.82 Å². The molecule has 0 aliphatic carbocycles. The molecule has 0 aliphatic heterocycles. The van der Waals surface area contributed by atoms with Gasteiger partial charge >= 0.3 is 0 Å². The van der Waals surface area contributed by atoms with Crippen LogP contribution in [-0.4, -0.2) is 39.7 Å². The van der Waals surface area contributed by atoms with Crippen LogP contribution >= 0.6 is 11.8 Å². The zero-order valence-electron chi connectivity index (χ0n) is 18.0. The van der Waals surface area contributed by atoms with Crippen molar-refractivity contribution in [1.29, 1.82) is 10.5 Å². The van der Waals surface area contributed by atoms with Crippen molar-refractivity contribution < 1.29 is 9.90 Å². The molecule has 1 aromatic carbocycles. The summed E-state index contributed by atoms with van der Waals surface area (Å²) in [7, 11) is 0. The number of carbonyl (C=O) groups is 1. The number of amides is 1. The summed E-state index contributed by atoms with van der Waals surface area (Å²) in [4.78, 5) is 18.2. The number of phenols is 1. The zero-order valence-corrected chi connectivity index (χ0v) is 18.8. The molecular formula is C22H27N5O2S. The third kappa shape index (κ3) is 5.43. The smallest absolute Gasteiger partial charge is 0.232 e. The van der Waals surface area contributed by atoms with Crippen molar-refractivity contribution in [3.63, 3.8) is 0 Å². The van der Waals surface area contributed by atoms with Gasteiger partial charge in [-0.2, -0.15) is 10.5 Å². The number of aromatic hydroxyl groups is 1. The summed E-state index contributed by atoms with van der Waals surface area (Å²) in [6, 6.07) is 8.92. The van der Waals surface area contributed by atoms with Gasteiger partial charge < -0.3 is 15.7 Å². The Labute approximate surface area is 182 Å². The van der Waals surface area contributed by atoms with Gasteiger partial charge in [0.25, 0.3) is 0 Å². The largest absolute Gasteiger partial charge is 0.508 e. The van der Waals surface area contributed by atoms with Gasteiger partial charge in [0.05, 0.1) is 11.3 Å². The van der Waals surface area contributed by atoms with Crippen molar-refractivity contribution in [2.75, 3.05) is 24.6 Å². The van der Waals surface area contributed by atoms with E-state index in [1.807, 2.05) is 33.8 Å². The van der Waals surface area contributed by atoms with E-state index in [-0.39, 0.29) is 34.4 Å². The minimum Gasteiger partial charge on any atom is -0.508 e. The van der Waals surface area contributed by atoms with E-state index in [9.17, 15) is 20.4 Å². The Bertz CT molecular complexity index is 988. The minimum absolute atomic E-state index is 0.0000150. The van der Waals surface area contributed by atoms with Crippen LogP contribution in [0, 0.1) is 29.6 Å². The predicted molar refractivity (Wildman–Crippen MR) is 120 cm³/mol. The highest BCUT2D eigenvalue weighted by Gasteiger charge is 2.22. The van der Waals surface area contributed by atoms with Gasteiger partial charge in [0, 0.05) is 18.7 Å². The number of aromatic nitrogens is 1. The molecule has 1 heterocycles. The van der Waals surface area contributed by atoms with Crippen molar-refractivity contribution in [2.45, 2.75) is 39.6 Å². The molecule has 2 rings (SSSR count). The van der Waals surface area contributed by atoms with Crippen molar-refractivity contribution in [1.82, 2.24) is 9.88 Å². The minimum atomic E-state index is -0.0642. The van der Waals surface area contributed by atoms with E-state index in [4.69, 9.17) is 5.73 Å². The highest BCUT2D eigenvalue weighted by Crippen LogP contribution is 2.37. The number of carbonyl (C=O) groups excluding carboxylic acids is 1. The SMILES string of the molecule is CC.CCN(CC)C(=O)CSc1nc(N)c(C#N)c(-c2ccc(O)c(C)c2)c1C#N. The first kappa shape index (κ1) is 24.8. The molecule has 3 N–H and O–H groups in total. The van der Waals surface area contributed by atoms with Gasteiger partial charge in [-0.1, -0.05) is 31.7 Å². The van der Waals surface area contributed by atoms with E-state index in [0.717, 1.165) is 11.8 Å². The molecule has 0 spiro atoms. The van der Waals surface area contributed by atoms with E-state index in [1.54, 1.807) is 24.0 Å². The monoisotopic (exact) mass is 425 g/mol. The number of aryl methyl sites for hydroxylation is 1. The lowest BCUT2D eigenvalue weighted by Gasteiger charge is -2.18. The maximum atomic E-state index is 12.3. The Hall–Kier alpha value is -3.23. The number of anilines is 1. The number of phenolic OH excluding ortho intramolecular Hbond substituents is 1. The van der Waals surface area contributed by atoms with Gasteiger partial charge in [-0.25, -0.2) is 4.98 Å². The molecule has 0 unspecified atom stereocenters. The molecule has 0 saturated heterocycles. The second-order valence-corrected chi connectivity index (χ2v) is 6.97. The number of pyridine rings is 1. The third-order valence-corrected chi connectivity index (χ3v) is 5.31. The lowest BCUT2D eigenvalue weighted by atomic mass is 9.95. The Kier molecular flexibility index (Phi) is 9.67. The molecule has 30 heavy (non-hydrogen) atoms. The molecule has 0 atom stereocenters. The third-order valence-electron chi connectivity index (χ3n) is 4.35. The quantitative estimate of drug-likeness (QED) is 0.668. The summed E-state index contributed by atoms with van der Waals surface area (Å²) in [6.07, 6.45) is 0. The van der Waals surface area contributed by atoms with E-state index in [1.165, 1.54) is 6.07 Å². The van der Waals surface area contributed by atoms with Gasteiger partial charge in [0.1, 0.15) is 34.3 Å². The number of nitrogens with two attached hydrogens (primary N) is 1. The fourth-order valence-electron chi connectivity index (χ4n) is 2.80. The molecule has 1 amide bonds. The normalized spacial score (nSPS) is 9.70. The second-order valence-electron chi connectivity index (χ2n) is 6.01. The maximum absolute atomic E-state index is 12.3. The van der Waals surface area contributed by atoms with Crippen LogP contribution in [0.25, 0.3) is 11.1 Å². The lowest BCUT2D eigenvalue weighted by molar-refractivity contribution is -0.127. The fraction of sp³-hybridized carbons (Fsp3) is 0.364. The Morgan fingerprint density at radius 2 is 1.80 bits per heavy atom. The summed E-state index contributed by atoms with van der Waals surface area (Å²) < 4.78 is 0. The van der Waals surface area contributed by atoms with Crippen LogP contribution in [-0.2, 0) is 4.79 Å². The topological polar surface area (TPSA) is 127 Å². The lowest BCUT2D eigenvalue weighted by Crippen LogP contribution is -2.31. The number of benzene rings is 1. The molecule has 0 bridgehead atoms. The average Bonchev–Trinajstić information content (AvgIpc) is 2.75. The second kappa shape index (κ2) is 11.7. The first-order valence-electron chi connectivity index (χ1n) is 9.72. The maximum Gasteiger partial charge on any atom is 0.232 e.